The zero-order chi connectivity index (χ0) is 17.2. The minimum atomic E-state index is -4.90. The molecule has 8 nitrogen and oxygen atoms in total. The van der Waals surface area contributed by atoms with Crippen molar-refractivity contribution in [1.29, 1.82) is 0 Å². The van der Waals surface area contributed by atoms with Crippen LogP contribution in [0, 0.1) is 10.1 Å². The molecule has 2 aromatic rings. The molecule has 0 fully saturated rings. The smallest absolute Gasteiger partial charge is 0.301 e. The lowest BCUT2D eigenvalue weighted by molar-refractivity contribution is -0.388. The second-order valence-electron chi connectivity index (χ2n) is 4.56. The molecule has 2 N–H and O–H groups in total. The third-order valence-electron chi connectivity index (χ3n) is 3.09. The molecule has 0 aliphatic heterocycles. The van der Waals surface area contributed by atoms with Gasteiger partial charge in [0.1, 0.15) is 6.10 Å². The fraction of sp³-hybridized carbons (Fsp3) is 0.0714. The minimum Gasteiger partial charge on any atom is -0.380 e. The van der Waals surface area contributed by atoms with Crippen molar-refractivity contribution in [3.8, 4) is 0 Å². The Balaban J connectivity index is 2.60. The van der Waals surface area contributed by atoms with Gasteiger partial charge in [0.2, 0.25) is 5.78 Å². The van der Waals surface area contributed by atoms with Gasteiger partial charge in [0, 0.05) is 0 Å². The molecule has 0 amide bonds. The molecule has 0 saturated carbocycles. The van der Waals surface area contributed by atoms with Crippen molar-refractivity contribution >= 4 is 21.6 Å². The molecule has 0 saturated heterocycles. The van der Waals surface area contributed by atoms with Gasteiger partial charge in [-0.05, 0) is 17.7 Å². The summed E-state index contributed by atoms with van der Waals surface area (Å²) in [5.41, 5.74) is -1.49. The van der Waals surface area contributed by atoms with Crippen LogP contribution in [-0.2, 0) is 10.1 Å². The van der Waals surface area contributed by atoms with E-state index in [-0.39, 0.29) is 5.56 Å². The first-order valence-electron chi connectivity index (χ1n) is 6.25. The molecule has 23 heavy (non-hydrogen) atoms. The molecule has 0 aromatic heterocycles. The molecule has 0 radical (unpaired) electrons. The summed E-state index contributed by atoms with van der Waals surface area (Å²) in [5.74, 6) is -1.05. The number of nitro benzene ring substituents is 1. The normalized spacial score (nSPS) is 12.6. The van der Waals surface area contributed by atoms with Gasteiger partial charge in [0.15, 0.2) is 4.90 Å². The van der Waals surface area contributed by atoms with E-state index in [0.717, 1.165) is 18.2 Å². The van der Waals surface area contributed by atoms with Crippen LogP contribution in [0.25, 0.3) is 0 Å². The number of rotatable bonds is 5. The van der Waals surface area contributed by atoms with Crippen LogP contribution in [0.4, 0.5) is 5.69 Å². The predicted octanol–water partition coefficient (Wildman–Crippen LogP) is 1.76. The molecular formula is C14H11NO7S. The van der Waals surface area contributed by atoms with Crippen LogP contribution in [0.5, 0.6) is 0 Å². The van der Waals surface area contributed by atoms with Gasteiger partial charge in [0.05, 0.1) is 10.5 Å². The van der Waals surface area contributed by atoms with Crippen molar-refractivity contribution in [2.75, 3.05) is 0 Å². The molecule has 1 atom stereocenters. The number of hydrogen-bond acceptors (Lipinski definition) is 6. The zero-order valence-electron chi connectivity index (χ0n) is 11.5. The van der Waals surface area contributed by atoms with Crippen molar-refractivity contribution in [3.05, 3.63) is 69.8 Å². The summed E-state index contributed by atoms with van der Waals surface area (Å²) in [4.78, 5) is 21.4. The molecular weight excluding hydrogens is 326 g/mol. The first-order valence-corrected chi connectivity index (χ1v) is 7.69. The number of carbonyl (C=O) groups is 1. The van der Waals surface area contributed by atoms with Gasteiger partial charge in [-0.15, -0.1) is 0 Å². The molecule has 0 aliphatic carbocycles. The molecule has 120 valence electrons. The lowest BCUT2D eigenvalue weighted by Gasteiger charge is -2.11. The predicted molar refractivity (Wildman–Crippen MR) is 78.6 cm³/mol. The number of carbonyl (C=O) groups excluding carboxylic acids is 1. The van der Waals surface area contributed by atoms with Crippen LogP contribution in [0.1, 0.15) is 22.0 Å². The van der Waals surface area contributed by atoms with Crippen LogP contribution < -0.4 is 0 Å². The van der Waals surface area contributed by atoms with E-state index in [1.165, 1.54) is 12.1 Å². The average molecular weight is 337 g/mol. The lowest BCUT2D eigenvalue weighted by atomic mass is 9.99. The summed E-state index contributed by atoms with van der Waals surface area (Å²) in [6, 6.07) is 10.6. The quantitative estimate of drug-likeness (QED) is 0.367. The maximum Gasteiger partial charge on any atom is 0.301 e. The molecule has 0 spiro atoms. The summed E-state index contributed by atoms with van der Waals surface area (Å²) in [6.07, 6.45) is -1.70. The van der Waals surface area contributed by atoms with Gasteiger partial charge in [-0.3, -0.25) is 19.5 Å². The van der Waals surface area contributed by atoms with Crippen LogP contribution >= 0.6 is 0 Å². The monoisotopic (exact) mass is 337 g/mol. The Kier molecular flexibility index (Phi) is 4.55. The van der Waals surface area contributed by atoms with E-state index in [0.29, 0.717) is 0 Å². The second kappa shape index (κ2) is 6.24. The molecule has 0 heterocycles. The third kappa shape index (κ3) is 3.42. The van der Waals surface area contributed by atoms with Gasteiger partial charge in [-0.25, -0.2) is 0 Å². The first-order chi connectivity index (χ1) is 10.7. The van der Waals surface area contributed by atoms with E-state index in [4.69, 9.17) is 4.55 Å². The van der Waals surface area contributed by atoms with Gasteiger partial charge in [0.25, 0.3) is 0 Å². The molecule has 9 heteroatoms. The highest BCUT2D eigenvalue weighted by molar-refractivity contribution is 7.86. The maximum absolute atomic E-state index is 12.3. The number of benzene rings is 2. The molecule has 0 aliphatic rings. The summed E-state index contributed by atoms with van der Waals surface area (Å²) in [7, 11) is -4.90. The Labute approximate surface area is 130 Å². The Hall–Kier alpha value is -2.62. The van der Waals surface area contributed by atoms with Crippen molar-refractivity contribution < 1.29 is 27.8 Å². The Morgan fingerprint density at radius 2 is 1.70 bits per heavy atom. The third-order valence-corrected chi connectivity index (χ3v) is 3.97. The highest BCUT2D eigenvalue weighted by Gasteiger charge is 2.33. The highest BCUT2D eigenvalue weighted by Crippen LogP contribution is 2.31. The Morgan fingerprint density at radius 3 is 2.22 bits per heavy atom. The van der Waals surface area contributed by atoms with Crippen molar-refractivity contribution in [3.63, 3.8) is 0 Å². The number of ketones is 1. The van der Waals surface area contributed by atoms with E-state index in [1.54, 1.807) is 18.2 Å². The molecule has 2 aromatic carbocycles. The number of Topliss-reactive ketones (excluding diaryl/α,β-unsaturated/α-hetero) is 1. The summed E-state index contributed by atoms with van der Waals surface area (Å²) in [6.45, 7) is 0. The number of hydrogen-bond donors (Lipinski definition) is 2. The number of para-hydroxylation sites is 1. The highest BCUT2D eigenvalue weighted by atomic mass is 32.2. The van der Waals surface area contributed by atoms with Gasteiger partial charge >= 0.3 is 15.8 Å². The topological polar surface area (TPSA) is 135 Å². The summed E-state index contributed by atoms with van der Waals surface area (Å²) >= 11 is 0. The molecule has 2 rings (SSSR count). The van der Waals surface area contributed by atoms with Crippen LogP contribution in [0.3, 0.4) is 0 Å². The van der Waals surface area contributed by atoms with E-state index < -0.39 is 43.1 Å². The first kappa shape index (κ1) is 16.7. The summed E-state index contributed by atoms with van der Waals surface area (Å²) in [5, 5.41) is 21.2. The van der Waals surface area contributed by atoms with Crippen molar-refractivity contribution in [2.45, 2.75) is 11.0 Å². The van der Waals surface area contributed by atoms with Gasteiger partial charge < -0.3 is 5.11 Å². The van der Waals surface area contributed by atoms with Crippen molar-refractivity contribution in [2.24, 2.45) is 0 Å². The van der Waals surface area contributed by atoms with E-state index in [9.17, 15) is 28.4 Å². The zero-order valence-corrected chi connectivity index (χ0v) is 12.3. The van der Waals surface area contributed by atoms with Crippen LogP contribution in [0.2, 0.25) is 0 Å². The largest absolute Gasteiger partial charge is 0.380 e. The summed E-state index contributed by atoms with van der Waals surface area (Å²) < 4.78 is 31.6. The number of nitrogens with zero attached hydrogens (tertiary/aromatic N) is 1. The van der Waals surface area contributed by atoms with E-state index in [2.05, 4.69) is 0 Å². The van der Waals surface area contributed by atoms with Crippen LogP contribution in [0.15, 0.2) is 53.4 Å². The maximum atomic E-state index is 12.3. The Bertz CT molecular complexity index is 862. The number of aliphatic hydroxyl groups is 1. The second-order valence-corrected chi connectivity index (χ2v) is 5.95. The average Bonchev–Trinajstić information content (AvgIpc) is 2.52. The Morgan fingerprint density at radius 1 is 1.09 bits per heavy atom. The van der Waals surface area contributed by atoms with Crippen LogP contribution in [-0.4, -0.2) is 28.8 Å². The van der Waals surface area contributed by atoms with Crippen molar-refractivity contribution in [1.82, 2.24) is 0 Å². The SMILES string of the molecule is O=C(c1cccc(S(=O)(=O)O)c1[N+](=O)[O-])C(O)c1ccccc1. The minimum absolute atomic E-state index is 0.198. The van der Waals surface area contributed by atoms with Gasteiger partial charge in [-0.1, -0.05) is 36.4 Å². The van der Waals surface area contributed by atoms with E-state index >= 15 is 0 Å². The number of nitro groups is 1. The molecule has 1 unspecified atom stereocenters. The standard InChI is InChI=1S/C14H11NO7S/c16-13(9-5-2-1-3-6-9)14(17)10-7-4-8-11(23(20,21)22)12(10)15(18)19/h1-8,13,16H,(H,20,21,22). The fourth-order valence-electron chi connectivity index (χ4n) is 2.05. The van der Waals surface area contributed by atoms with E-state index in [1.807, 2.05) is 0 Å². The molecule has 0 bridgehead atoms. The van der Waals surface area contributed by atoms with Gasteiger partial charge in [-0.2, -0.15) is 8.42 Å². The number of aliphatic hydroxyl groups excluding tert-OH is 1. The lowest BCUT2D eigenvalue weighted by Crippen LogP contribution is -2.16. The fourth-order valence-corrected chi connectivity index (χ4v) is 2.73.